The number of nitrogens with two attached hydrogens (primary N) is 1. The molecule has 4 N–H and O–H groups in total. The number of anilines is 1. The number of hydrogen-bond donors (Lipinski definition) is 3. The van der Waals surface area contributed by atoms with Gasteiger partial charge in [0.2, 0.25) is 0 Å². The van der Waals surface area contributed by atoms with Crippen molar-refractivity contribution in [1.29, 1.82) is 0 Å². The molecule has 0 bridgehead atoms. The number of likely N-dealkylation sites (N-methyl/N-ethyl adjacent to an activating group) is 1. The lowest BCUT2D eigenvalue weighted by Gasteiger charge is -2.20. The number of rotatable bonds is 4. The fraction of sp³-hybridized carbons (Fsp3) is 0.304. The van der Waals surface area contributed by atoms with Crippen LogP contribution >= 0.6 is 0 Å². The van der Waals surface area contributed by atoms with E-state index in [4.69, 9.17) is 5.73 Å². The van der Waals surface area contributed by atoms with Gasteiger partial charge in [0, 0.05) is 36.6 Å². The van der Waals surface area contributed by atoms with Gasteiger partial charge in [-0.25, -0.2) is 4.98 Å². The summed E-state index contributed by atoms with van der Waals surface area (Å²) in [6.45, 7) is 3.08. The fourth-order valence-electron chi connectivity index (χ4n) is 4.38. The average molecular weight is 403 g/mol. The molecule has 0 aliphatic carbocycles. The van der Waals surface area contributed by atoms with E-state index in [1.165, 1.54) is 12.0 Å². The molecule has 1 saturated heterocycles. The Hall–Kier alpha value is -3.16. The molecule has 0 saturated carbocycles. The molecule has 154 valence electrons. The predicted molar refractivity (Wildman–Crippen MR) is 121 cm³/mol. The van der Waals surface area contributed by atoms with Crippen molar-refractivity contribution in [2.75, 3.05) is 32.9 Å². The SMILES string of the molecule is CN(C)C1CCN(Cc2ccc3[nH]c(-c4nc5ccccc5[nH]c4=O)c(N)c3c2)C1. The summed E-state index contributed by atoms with van der Waals surface area (Å²) in [4.78, 5) is 28.2. The normalized spacial score (nSPS) is 17.5. The summed E-state index contributed by atoms with van der Waals surface area (Å²) in [6, 6.07) is 14.4. The molecule has 1 aliphatic heterocycles. The minimum absolute atomic E-state index is 0.251. The number of H-pyrrole nitrogens is 2. The molecule has 7 nitrogen and oxygen atoms in total. The summed E-state index contributed by atoms with van der Waals surface area (Å²) in [6.07, 6.45) is 1.20. The molecule has 1 unspecified atom stereocenters. The number of para-hydroxylation sites is 2. The largest absolute Gasteiger partial charge is 0.396 e. The Balaban J connectivity index is 1.49. The third-order valence-electron chi connectivity index (χ3n) is 6.12. The van der Waals surface area contributed by atoms with Gasteiger partial charge in [-0.05, 0) is 50.3 Å². The molecule has 0 radical (unpaired) electrons. The van der Waals surface area contributed by atoms with E-state index < -0.39 is 0 Å². The molecule has 0 amide bonds. The van der Waals surface area contributed by atoms with Crippen molar-refractivity contribution in [2.24, 2.45) is 0 Å². The van der Waals surface area contributed by atoms with Gasteiger partial charge in [-0.15, -0.1) is 0 Å². The van der Waals surface area contributed by atoms with Crippen LogP contribution < -0.4 is 11.3 Å². The second-order valence-corrected chi connectivity index (χ2v) is 8.37. The van der Waals surface area contributed by atoms with Crippen LogP contribution in [-0.2, 0) is 6.54 Å². The number of nitrogens with zero attached hydrogens (tertiary/aromatic N) is 3. The minimum atomic E-state index is -0.251. The van der Waals surface area contributed by atoms with Crippen LogP contribution in [0.4, 0.5) is 5.69 Å². The first-order chi connectivity index (χ1) is 14.5. The first-order valence-electron chi connectivity index (χ1n) is 10.3. The van der Waals surface area contributed by atoms with Crippen molar-refractivity contribution in [2.45, 2.75) is 19.0 Å². The van der Waals surface area contributed by atoms with Gasteiger partial charge in [-0.1, -0.05) is 18.2 Å². The lowest BCUT2D eigenvalue weighted by Crippen LogP contribution is -2.31. The van der Waals surface area contributed by atoms with Crippen molar-refractivity contribution in [1.82, 2.24) is 24.8 Å². The Morgan fingerprint density at radius 1 is 1.17 bits per heavy atom. The summed E-state index contributed by atoms with van der Waals surface area (Å²) in [5.41, 5.74) is 11.3. The molecule has 3 heterocycles. The molecule has 2 aromatic carbocycles. The lowest BCUT2D eigenvalue weighted by molar-refractivity contribution is 0.265. The standard InChI is InChI=1S/C23H26N6O/c1-28(2)15-9-10-29(13-15)12-14-7-8-17-16(11-14)20(24)21(25-17)22-23(30)27-19-6-4-3-5-18(19)26-22/h3-8,11,15,25H,9-10,12-13,24H2,1-2H3,(H,27,30). The Kier molecular flexibility index (Phi) is 4.56. The van der Waals surface area contributed by atoms with E-state index in [-0.39, 0.29) is 5.56 Å². The zero-order chi connectivity index (χ0) is 20.8. The number of likely N-dealkylation sites (tertiary alicyclic amines) is 1. The molecule has 0 spiro atoms. The summed E-state index contributed by atoms with van der Waals surface area (Å²) in [7, 11) is 4.29. The van der Waals surface area contributed by atoms with E-state index in [2.05, 4.69) is 51.0 Å². The van der Waals surface area contributed by atoms with E-state index >= 15 is 0 Å². The van der Waals surface area contributed by atoms with E-state index in [1.807, 2.05) is 30.3 Å². The van der Waals surface area contributed by atoms with Crippen LogP contribution in [-0.4, -0.2) is 58.0 Å². The summed E-state index contributed by atoms with van der Waals surface area (Å²) >= 11 is 0. The molecule has 7 heteroatoms. The van der Waals surface area contributed by atoms with Gasteiger partial charge in [0.25, 0.3) is 5.56 Å². The van der Waals surface area contributed by atoms with E-state index in [9.17, 15) is 4.79 Å². The lowest BCUT2D eigenvalue weighted by atomic mass is 10.1. The number of fused-ring (bicyclic) bond motifs is 2. The van der Waals surface area contributed by atoms with Gasteiger partial charge < -0.3 is 20.6 Å². The Morgan fingerprint density at radius 2 is 2.00 bits per heavy atom. The first-order valence-corrected chi connectivity index (χ1v) is 10.3. The second kappa shape index (κ2) is 7.27. The second-order valence-electron chi connectivity index (χ2n) is 8.37. The van der Waals surface area contributed by atoms with Gasteiger partial charge in [-0.2, -0.15) is 0 Å². The van der Waals surface area contributed by atoms with Crippen LogP contribution in [0.1, 0.15) is 12.0 Å². The summed E-state index contributed by atoms with van der Waals surface area (Å²) in [5, 5.41) is 0.931. The first kappa shape index (κ1) is 18.8. The number of aromatic amines is 2. The van der Waals surface area contributed by atoms with Crippen LogP contribution in [0, 0.1) is 0 Å². The van der Waals surface area contributed by atoms with Crippen molar-refractivity contribution in [3.63, 3.8) is 0 Å². The molecule has 4 aromatic rings. The third-order valence-corrected chi connectivity index (χ3v) is 6.12. The number of nitrogen functional groups attached to an aromatic ring is 1. The van der Waals surface area contributed by atoms with Gasteiger partial charge in [-0.3, -0.25) is 9.69 Å². The topological polar surface area (TPSA) is 94.0 Å². The third kappa shape index (κ3) is 3.26. The molecule has 1 aliphatic rings. The van der Waals surface area contributed by atoms with Gasteiger partial charge >= 0.3 is 0 Å². The fourth-order valence-corrected chi connectivity index (χ4v) is 4.38. The summed E-state index contributed by atoms with van der Waals surface area (Å²) < 4.78 is 0. The maximum atomic E-state index is 12.6. The van der Waals surface area contributed by atoms with Crippen molar-refractivity contribution < 1.29 is 0 Å². The maximum Gasteiger partial charge on any atom is 0.276 e. The summed E-state index contributed by atoms with van der Waals surface area (Å²) in [5.74, 6) is 0. The van der Waals surface area contributed by atoms with Crippen molar-refractivity contribution >= 4 is 27.6 Å². The van der Waals surface area contributed by atoms with Crippen molar-refractivity contribution in [3.05, 3.63) is 58.4 Å². The quantitative estimate of drug-likeness (QED) is 0.488. The molecule has 1 atom stereocenters. The van der Waals surface area contributed by atoms with Crippen LogP contribution in [0.3, 0.4) is 0 Å². The number of aromatic nitrogens is 3. The van der Waals surface area contributed by atoms with Gasteiger partial charge in [0.15, 0.2) is 5.69 Å². The Bertz CT molecular complexity index is 1290. The Labute approximate surface area is 174 Å². The predicted octanol–water partition coefficient (Wildman–Crippen LogP) is 2.79. The number of benzene rings is 2. The molecule has 30 heavy (non-hydrogen) atoms. The van der Waals surface area contributed by atoms with Crippen LogP contribution in [0.25, 0.3) is 33.3 Å². The van der Waals surface area contributed by atoms with Crippen molar-refractivity contribution in [3.8, 4) is 11.4 Å². The highest BCUT2D eigenvalue weighted by atomic mass is 16.1. The number of hydrogen-bond acceptors (Lipinski definition) is 5. The highest BCUT2D eigenvalue weighted by Crippen LogP contribution is 2.32. The van der Waals surface area contributed by atoms with E-state index in [0.29, 0.717) is 28.6 Å². The van der Waals surface area contributed by atoms with E-state index in [0.717, 1.165) is 36.1 Å². The molecular formula is C23H26N6O. The van der Waals surface area contributed by atoms with Gasteiger partial charge in [0.1, 0.15) is 0 Å². The molecule has 1 fully saturated rings. The molecule has 2 aromatic heterocycles. The molecule has 5 rings (SSSR count). The van der Waals surface area contributed by atoms with Crippen LogP contribution in [0.2, 0.25) is 0 Å². The monoisotopic (exact) mass is 402 g/mol. The smallest absolute Gasteiger partial charge is 0.276 e. The highest BCUT2D eigenvalue weighted by Gasteiger charge is 2.24. The number of nitrogens with one attached hydrogen (secondary N) is 2. The van der Waals surface area contributed by atoms with Crippen LogP contribution in [0.5, 0.6) is 0 Å². The van der Waals surface area contributed by atoms with Crippen LogP contribution in [0.15, 0.2) is 47.3 Å². The van der Waals surface area contributed by atoms with E-state index in [1.54, 1.807) is 0 Å². The molecular weight excluding hydrogens is 376 g/mol. The minimum Gasteiger partial charge on any atom is -0.396 e. The average Bonchev–Trinajstić information content (AvgIpc) is 3.33. The Morgan fingerprint density at radius 3 is 2.80 bits per heavy atom. The van der Waals surface area contributed by atoms with Gasteiger partial charge in [0.05, 0.1) is 22.4 Å². The zero-order valence-electron chi connectivity index (χ0n) is 17.3. The zero-order valence-corrected chi connectivity index (χ0v) is 17.3. The maximum absolute atomic E-state index is 12.6. The highest BCUT2D eigenvalue weighted by molar-refractivity contribution is 6.00.